The number of carbonyl (C=O) groups is 1. The average molecular weight is 304 g/mol. The summed E-state index contributed by atoms with van der Waals surface area (Å²) >= 11 is 5.99. The molecule has 0 bridgehead atoms. The predicted octanol–water partition coefficient (Wildman–Crippen LogP) is 3.98. The first-order chi connectivity index (χ1) is 9.95. The maximum atomic E-state index is 10.9. The van der Waals surface area contributed by atoms with Crippen LogP contribution < -0.4 is 0 Å². The Morgan fingerprint density at radius 2 is 1.95 bits per heavy atom. The van der Waals surface area contributed by atoms with Gasteiger partial charge in [-0.05, 0) is 54.9 Å². The number of benzene rings is 2. The summed E-state index contributed by atoms with van der Waals surface area (Å²) < 4.78 is 0. The van der Waals surface area contributed by atoms with Crippen LogP contribution >= 0.6 is 11.6 Å². The van der Waals surface area contributed by atoms with Gasteiger partial charge in [0, 0.05) is 18.1 Å². The van der Waals surface area contributed by atoms with E-state index in [9.17, 15) is 4.79 Å². The molecule has 110 valence electrons. The van der Waals surface area contributed by atoms with Crippen molar-refractivity contribution in [3.8, 4) is 0 Å². The van der Waals surface area contributed by atoms with Gasteiger partial charge < -0.3 is 5.11 Å². The number of carboxylic acids is 1. The summed E-state index contributed by atoms with van der Waals surface area (Å²) in [5, 5.41) is 9.72. The zero-order chi connectivity index (χ0) is 15.4. The zero-order valence-corrected chi connectivity index (χ0v) is 12.9. The second-order valence-electron chi connectivity index (χ2n) is 5.25. The van der Waals surface area contributed by atoms with Crippen LogP contribution in [0.3, 0.4) is 0 Å². The number of carboxylic acid groups (broad SMARTS) is 1. The Morgan fingerprint density at radius 1 is 1.19 bits per heavy atom. The first-order valence-corrected chi connectivity index (χ1v) is 7.09. The molecule has 0 amide bonds. The maximum absolute atomic E-state index is 10.9. The smallest absolute Gasteiger partial charge is 0.335 e. The highest BCUT2D eigenvalue weighted by atomic mass is 35.5. The van der Waals surface area contributed by atoms with Gasteiger partial charge in [0.05, 0.1) is 5.56 Å². The van der Waals surface area contributed by atoms with Gasteiger partial charge in [-0.3, -0.25) is 4.90 Å². The van der Waals surface area contributed by atoms with Crippen molar-refractivity contribution in [1.82, 2.24) is 4.90 Å². The van der Waals surface area contributed by atoms with E-state index < -0.39 is 5.97 Å². The van der Waals surface area contributed by atoms with Gasteiger partial charge in [0.1, 0.15) is 0 Å². The van der Waals surface area contributed by atoms with Crippen LogP contribution in [0.25, 0.3) is 0 Å². The van der Waals surface area contributed by atoms with Crippen molar-refractivity contribution in [1.29, 1.82) is 0 Å². The molecule has 0 unspecified atom stereocenters. The fraction of sp³-hybridized carbons (Fsp3) is 0.235. The summed E-state index contributed by atoms with van der Waals surface area (Å²) in [5.41, 5.74) is 3.61. The zero-order valence-electron chi connectivity index (χ0n) is 12.1. The maximum Gasteiger partial charge on any atom is 0.335 e. The van der Waals surface area contributed by atoms with Crippen LogP contribution in [0.2, 0.25) is 5.02 Å². The van der Waals surface area contributed by atoms with Crippen LogP contribution in [0.1, 0.15) is 27.0 Å². The van der Waals surface area contributed by atoms with Crippen LogP contribution in [0.4, 0.5) is 0 Å². The van der Waals surface area contributed by atoms with Gasteiger partial charge in [-0.1, -0.05) is 29.8 Å². The second kappa shape index (κ2) is 6.74. The van der Waals surface area contributed by atoms with Crippen molar-refractivity contribution in [2.24, 2.45) is 0 Å². The number of aryl methyl sites for hydroxylation is 1. The van der Waals surface area contributed by atoms with Gasteiger partial charge >= 0.3 is 5.97 Å². The minimum Gasteiger partial charge on any atom is -0.478 e. The highest BCUT2D eigenvalue weighted by molar-refractivity contribution is 6.30. The standard InChI is InChI=1S/C17H18ClNO2/c1-12-8-14(17(20)21)6-7-15(12)11-19(2)10-13-4-3-5-16(18)9-13/h3-9H,10-11H2,1-2H3,(H,20,21). The van der Waals surface area contributed by atoms with Crippen molar-refractivity contribution < 1.29 is 9.90 Å². The lowest BCUT2D eigenvalue weighted by Crippen LogP contribution is -2.18. The molecule has 2 aromatic rings. The molecule has 0 heterocycles. The number of halogens is 1. The quantitative estimate of drug-likeness (QED) is 0.908. The Hall–Kier alpha value is -1.84. The van der Waals surface area contributed by atoms with E-state index in [2.05, 4.69) is 4.90 Å². The summed E-state index contributed by atoms with van der Waals surface area (Å²) in [6, 6.07) is 13.1. The minimum absolute atomic E-state index is 0.328. The molecule has 0 aliphatic heterocycles. The predicted molar refractivity (Wildman–Crippen MR) is 84.8 cm³/mol. The largest absolute Gasteiger partial charge is 0.478 e. The molecule has 0 aliphatic carbocycles. The summed E-state index contributed by atoms with van der Waals surface area (Å²) in [6.07, 6.45) is 0. The Kier molecular flexibility index (Phi) is 4.99. The SMILES string of the molecule is Cc1cc(C(=O)O)ccc1CN(C)Cc1cccc(Cl)c1. The first-order valence-electron chi connectivity index (χ1n) is 6.71. The Bertz CT molecular complexity index is 655. The van der Waals surface area contributed by atoms with Crippen LogP contribution in [0.5, 0.6) is 0 Å². The average Bonchev–Trinajstić information content (AvgIpc) is 2.40. The van der Waals surface area contributed by atoms with Crippen molar-refractivity contribution in [2.45, 2.75) is 20.0 Å². The molecule has 2 aromatic carbocycles. The van der Waals surface area contributed by atoms with Gasteiger partial charge in [0.2, 0.25) is 0 Å². The van der Waals surface area contributed by atoms with E-state index in [4.69, 9.17) is 16.7 Å². The number of nitrogens with zero attached hydrogens (tertiary/aromatic N) is 1. The van der Waals surface area contributed by atoms with E-state index in [1.807, 2.05) is 44.3 Å². The third-order valence-electron chi connectivity index (χ3n) is 3.37. The molecule has 0 aliphatic rings. The second-order valence-corrected chi connectivity index (χ2v) is 5.69. The fourth-order valence-electron chi connectivity index (χ4n) is 2.30. The van der Waals surface area contributed by atoms with Crippen molar-refractivity contribution in [2.75, 3.05) is 7.05 Å². The molecule has 4 heteroatoms. The van der Waals surface area contributed by atoms with E-state index >= 15 is 0 Å². The van der Waals surface area contributed by atoms with E-state index in [1.54, 1.807) is 12.1 Å². The van der Waals surface area contributed by atoms with Crippen molar-refractivity contribution in [3.05, 3.63) is 69.7 Å². The van der Waals surface area contributed by atoms with Gasteiger partial charge in [-0.2, -0.15) is 0 Å². The van der Waals surface area contributed by atoms with Crippen LogP contribution in [0.15, 0.2) is 42.5 Å². The van der Waals surface area contributed by atoms with Crippen molar-refractivity contribution in [3.63, 3.8) is 0 Å². The molecule has 3 nitrogen and oxygen atoms in total. The van der Waals surface area contributed by atoms with E-state index in [-0.39, 0.29) is 0 Å². The molecule has 0 atom stereocenters. The lowest BCUT2D eigenvalue weighted by molar-refractivity contribution is 0.0696. The van der Waals surface area contributed by atoms with Gasteiger partial charge in [0.15, 0.2) is 0 Å². The summed E-state index contributed by atoms with van der Waals surface area (Å²) in [6.45, 7) is 3.49. The molecule has 0 radical (unpaired) electrons. The molecule has 0 fully saturated rings. The molecule has 0 saturated heterocycles. The highest BCUT2D eigenvalue weighted by Gasteiger charge is 2.08. The van der Waals surface area contributed by atoms with Crippen LogP contribution in [-0.2, 0) is 13.1 Å². The fourth-order valence-corrected chi connectivity index (χ4v) is 2.51. The number of hydrogen-bond acceptors (Lipinski definition) is 2. The molecule has 0 spiro atoms. The Labute approximate surface area is 129 Å². The first kappa shape index (κ1) is 15.5. The molecule has 2 rings (SSSR count). The Balaban J connectivity index is 2.06. The Morgan fingerprint density at radius 3 is 2.57 bits per heavy atom. The number of hydrogen-bond donors (Lipinski definition) is 1. The van der Waals surface area contributed by atoms with Gasteiger partial charge in [-0.25, -0.2) is 4.79 Å². The van der Waals surface area contributed by atoms with E-state index in [0.717, 1.165) is 34.8 Å². The molecular weight excluding hydrogens is 286 g/mol. The third kappa shape index (κ3) is 4.31. The van der Waals surface area contributed by atoms with Crippen LogP contribution in [-0.4, -0.2) is 23.0 Å². The number of rotatable bonds is 5. The molecular formula is C17H18ClNO2. The van der Waals surface area contributed by atoms with E-state index in [0.29, 0.717) is 5.56 Å². The normalized spacial score (nSPS) is 10.9. The molecule has 21 heavy (non-hydrogen) atoms. The molecule has 0 saturated carbocycles. The third-order valence-corrected chi connectivity index (χ3v) is 3.61. The summed E-state index contributed by atoms with van der Waals surface area (Å²) in [7, 11) is 2.03. The monoisotopic (exact) mass is 303 g/mol. The van der Waals surface area contributed by atoms with Crippen LogP contribution in [0, 0.1) is 6.92 Å². The van der Waals surface area contributed by atoms with Crippen molar-refractivity contribution >= 4 is 17.6 Å². The molecule has 1 N–H and O–H groups in total. The molecule has 0 aromatic heterocycles. The topological polar surface area (TPSA) is 40.5 Å². The lowest BCUT2D eigenvalue weighted by Gasteiger charge is -2.18. The lowest BCUT2D eigenvalue weighted by atomic mass is 10.0. The summed E-state index contributed by atoms with van der Waals surface area (Å²) in [5.74, 6) is -0.892. The van der Waals surface area contributed by atoms with Gasteiger partial charge in [0.25, 0.3) is 0 Å². The minimum atomic E-state index is -0.892. The summed E-state index contributed by atoms with van der Waals surface area (Å²) in [4.78, 5) is 13.1. The van der Waals surface area contributed by atoms with Gasteiger partial charge in [-0.15, -0.1) is 0 Å². The van der Waals surface area contributed by atoms with E-state index in [1.165, 1.54) is 0 Å². The highest BCUT2D eigenvalue weighted by Crippen LogP contribution is 2.16. The number of aromatic carboxylic acids is 1.